The molecule has 3 N–H and O–H groups in total. The average Bonchev–Trinajstić information content (AvgIpc) is 2.48. The summed E-state index contributed by atoms with van der Waals surface area (Å²) in [6, 6.07) is 3.70. The van der Waals surface area contributed by atoms with Crippen molar-refractivity contribution in [3.05, 3.63) is 23.7 Å². The van der Waals surface area contributed by atoms with Crippen LogP contribution in [-0.2, 0) is 15.3 Å². The zero-order chi connectivity index (χ0) is 7.19. The average molecular weight is 157 g/mol. The molecular weight excluding hydrogens is 146 g/mol. The van der Waals surface area contributed by atoms with E-state index in [1.54, 1.807) is 14.2 Å². The molecule has 1 aromatic heterocycles. The van der Waals surface area contributed by atoms with Crippen molar-refractivity contribution in [2.24, 2.45) is 0 Å². The van der Waals surface area contributed by atoms with Crippen molar-refractivity contribution in [1.82, 2.24) is 6.15 Å². The van der Waals surface area contributed by atoms with Crippen molar-refractivity contribution in [3.8, 4) is 0 Å². The van der Waals surface area contributed by atoms with Crippen LogP contribution < -0.4 is 6.15 Å². The lowest BCUT2D eigenvalue weighted by Crippen LogP contribution is -2.34. The number of hydrogen-bond donors (Lipinski definition) is 1. The van der Waals surface area contributed by atoms with E-state index in [0.717, 1.165) is 11.5 Å². The highest BCUT2D eigenvalue weighted by molar-refractivity contribution is 5.31. The Morgan fingerprint density at radius 1 is 1.18 bits per heavy atom. The number of fused-ring (bicyclic) bond motifs is 1. The second kappa shape index (κ2) is 2.34. The molecule has 1 aromatic rings. The van der Waals surface area contributed by atoms with Crippen molar-refractivity contribution in [2.45, 2.75) is 5.79 Å². The Bertz CT molecular complexity index is 224. The third kappa shape index (κ3) is 0.686. The van der Waals surface area contributed by atoms with Gasteiger partial charge in [-0.05, 0) is 12.1 Å². The van der Waals surface area contributed by atoms with Crippen LogP contribution >= 0.6 is 0 Å². The fourth-order valence-corrected chi connectivity index (χ4v) is 1.25. The van der Waals surface area contributed by atoms with Crippen LogP contribution in [0.15, 0.2) is 16.5 Å². The predicted octanol–water partition coefficient (Wildman–Crippen LogP) is 1.25. The summed E-state index contributed by atoms with van der Waals surface area (Å²) < 4.78 is 15.4. The molecule has 2 heterocycles. The molecule has 0 saturated carbocycles. The van der Waals surface area contributed by atoms with Gasteiger partial charge in [-0.2, -0.15) is 0 Å². The Hall–Kier alpha value is -0.840. The van der Waals surface area contributed by atoms with E-state index in [4.69, 9.17) is 13.9 Å². The lowest BCUT2D eigenvalue weighted by molar-refractivity contribution is -0.232. The maximum atomic E-state index is 5.13. The fourth-order valence-electron chi connectivity index (χ4n) is 1.25. The summed E-state index contributed by atoms with van der Waals surface area (Å²) in [4.78, 5) is 0. The summed E-state index contributed by atoms with van der Waals surface area (Å²) in [6.45, 7) is 0. The first-order valence-corrected chi connectivity index (χ1v) is 3.04. The van der Waals surface area contributed by atoms with Gasteiger partial charge in [0.05, 0.1) is 0 Å². The molecule has 4 nitrogen and oxygen atoms in total. The van der Waals surface area contributed by atoms with Gasteiger partial charge in [0.2, 0.25) is 0 Å². The van der Waals surface area contributed by atoms with E-state index in [1.165, 1.54) is 0 Å². The quantitative estimate of drug-likeness (QED) is 0.656. The molecule has 2 bridgehead atoms. The lowest BCUT2D eigenvalue weighted by Gasteiger charge is -2.30. The minimum Gasteiger partial charge on any atom is -0.454 e. The molecule has 0 radical (unpaired) electrons. The lowest BCUT2D eigenvalue weighted by atomic mass is 10.2. The first-order chi connectivity index (χ1) is 4.83. The van der Waals surface area contributed by atoms with Gasteiger partial charge in [-0.25, -0.2) is 0 Å². The van der Waals surface area contributed by atoms with E-state index in [-0.39, 0.29) is 6.15 Å². The number of furan rings is 1. The van der Waals surface area contributed by atoms with Gasteiger partial charge in [-0.15, -0.1) is 0 Å². The normalized spacial score (nSPS) is 16.9. The molecule has 0 atom stereocenters. The van der Waals surface area contributed by atoms with Crippen molar-refractivity contribution < 1.29 is 13.9 Å². The Balaban J connectivity index is 0.000000605. The van der Waals surface area contributed by atoms with Crippen LogP contribution in [0.2, 0.25) is 0 Å². The largest absolute Gasteiger partial charge is 0.454 e. The fraction of sp³-hybridized carbons (Fsp3) is 0.429. The summed E-state index contributed by atoms with van der Waals surface area (Å²) in [5.41, 5.74) is 0. The van der Waals surface area contributed by atoms with Crippen LogP contribution in [0, 0.1) is 0 Å². The summed E-state index contributed by atoms with van der Waals surface area (Å²) in [6.07, 6.45) is 0. The second-order valence-corrected chi connectivity index (χ2v) is 2.19. The van der Waals surface area contributed by atoms with Gasteiger partial charge in [0.15, 0.2) is 11.5 Å². The van der Waals surface area contributed by atoms with Crippen molar-refractivity contribution in [3.63, 3.8) is 0 Å². The molecule has 4 heteroatoms. The summed E-state index contributed by atoms with van der Waals surface area (Å²) >= 11 is 0. The van der Waals surface area contributed by atoms with E-state index in [9.17, 15) is 0 Å². The topological polar surface area (TPSA) is 66.6 Å². The predicted molar refractivity (Wildman–Crippen MR) is 38.5 cm³/mol. The van der Waals surface area contributed by atoms with Crippen LogP contribution in [0.4, 0.5) is 0 Å². The molecule has 11 heavy (non-hydrogen) atoms. The standard InChI is InChI=1S/C7H8O3.H3N/c1-8-7(9-2)5-3-4-6(7)10-5;/h3-4H,1-2H3;1H3. The van der Waals surface area contributed by atoms with Crippen molar-refractivity contribution in [2.75, 3.05) is 14.2 Å². The third-order valence-corrected chi connectivity index (χ3v) is 1.83. The highest BCUT2D eigenvalue weighted by Gasteiger charge is 2.49. The van der Waals surface area contributed by atoms with E-state index < -0.39 is 5.79 Å². The monoisotopic (exact) mass is 157 g/mol. The summed E-state index contributed by atoms with van der Waals surface area (Å²) in [7, 11) is 3.19. The van der Waals surface area contributed by atoms with E-state index in [1.807, 2.05) is 12.1 Å². The van der Waals surface area contributed by atoms with E-state index in [0.29, 0.717) is 0 Å². The molecule has 1 aliphatic carbocycles. The molecule has 2 aliphatic rings. The van der Waals surface area contributed by atoms with Crippen molar-refractivity contribution >= 4 is 0 Å². The molecule has 0 spiro atoms. The Morgan fingerprint density at radius 2 is 1.64 bits per heavy atom. The van der Waals surface area contributed by atoms with Gasteiger partial charge in [-0.1, -0.05) is 0 Å². The highest BCUT2D eigenvalue weighted by atomic mass is 16.7. The Labute approximate surface area is 64.7 Å². The molecule has 0 unspecified atom stereocenters. The van der Waals surface area contributed by atoms with E-state index in [2.05, 4.69) is 0 Å². The van der Waals surface area contributed by atoms with Crippen LogP contribution in [0.3, 0.4) is 0 Å². The van der Waals surface area contributed by atoms with Gasteiger partial charge >= 0.3 is 0 Å². The van der Waals surface area contributed by atoms with Gasteiger partial charge in [0.25, 0.3) is 5.79 Å². The molecule has 0 fully saturated rings. The molecule has 3 rings (SSSR count). The number of rotatable bonds is 2. The molecular formula is C7H11NO3. The van der Waals surface area contributed by atoms with Crippen LogP contribution in [-0.4, -0.2) is 14.2 Å². The first-order valence-electron chi connectivity index (χ1n) is 3.04. The Kier molecular flexibility index (Phi) is 1.75. The molecule has 1 aliphatic heterocycles. The number of methoxy groups -OCH3 is 2. The van der Waals surface area contributed by atoms with Gasteiger partial charge in [-0.3, -0.25) is 0 Å². The van der Waals surface area contributed by atoms with Gasteiger partial charge in [0, 0.05) is 14.2 Å². The van der Waals surface area contributed by atoms with Crippen LogP contribution in [0.25, 0.3) is 0 Å². The third-order valence-electron chi connectivity index (χ3n) is 1.83. The maximum absolute atomic E-state index is 5.13. The zero-order valence-electron chi connectivity index (χ0n) is 6.59. The minimum atomic E-state index is -0.667. The van der Waals surface area contributed by atoms with Gasteiger partial charge in [0.1, 0.15) is 0 Å². The maximum Gasteiger partial charge on any atom is 0.288 e. The SMILES string of the molecule is COC1(OC)c2ccc1o2.N. The van der Waals surface area contributed by atoms with E-state index >= 15 is 0 Å². The minimum absolute atomic E-state index is 0. The molecule has 0 saturated heterocycles. The molecule has 62 valence electrons. The highest BCUT2D eigenvalue weighted by Crippen LogP contribution is 2.44. The zero-order valence-corrected chi connectivity index (χ0v) is 6.59. The summed E-state index contributed by atoms with van der Waals surface area (Å²) in [5, 5.41) is 0. The number of hydrogen-bond acceptors (Lipinski definition) is 4. The molecule has 0 amide bonds. The molecule has 0 aromatic carbocycles. The van der Waals surface area contributed by atoms with Crippen LogP contribution in [0.1, 0.15) is 11.5 Å². The smallest absolute Gasteiger partial charge is 0.288 e. The summed E-state index contributed by atoms with van der Waals surface area (Å²) in [5.74, 6) is 0.819. The van der Waals surface area contributed by atoms with Gasteiger partial charge < -0.3 is 20.0 Å². The Morgan fingerprint density at radius 3 is 1.82 bits per heavy atom. The number of ether oxygens (including phenoxy) is 2. The van der Waals surface area contributed by atoms with Crippen molar-refractivity contribution in [1.29, 1.82) is 0 Å². The first kappa shape index (κ1) is 8.26. The van der Waals surface area contributed by atoms with Crippen LogP contribution in [0.5, 0.6) is 0 Å². The second-order valence-electron chi connectivity index (χ2n) is 2.19.